The van der Waals surface area contributed by atoms with Crippen LogP contribution in [0.3, 0.4) is 0 Å². The number of benzene rings is 1. The van der Waals surface area contributed by atoms with Gasteiger partial charge < -0.3 is 20.4 Å². The lowest BCUT2D eigenvalue weighted by Crippen LogP contribution is -2.35. The number of aliphatic hydroxyl groups excluding tert-OH is 1. The molecule has 1 rings (SSSR count). The Hall–Kier alpha value is -1.96. The maximum atomic E-state index is 9.69. The number of allylic oxidation sites excluding steroid dienone is 1. The molecule has 1 aromatic rings. The first kappa shape index (κ1) is 16.1. The van der Waals surface area contributed by atoms with Crippen LogP contribution in [0.15, 0.2) is 30.4 Å². The van der Waals surface area contributed by atoms with Crippen LogP contribution < -0.4 is 0 Å². The first-order chi connectivity index (χ1) is 9.20. The van der Waals surface area contributed by atoms with E-state index in [2.05, 4.69) is 18.4 Å². The van der Waals surface area contributed by atoms with Crippen molar-refractivity contribution in [3.8, 4) is 23.3 Å². The molecule has 1 atom stereocenters. The largest absolute Gasteiger partial charge is 0.508 e. The van der Waals surface area contributed by atoms with Crippen molar-refractivity contribution in [1.82, 2.24) is 0 Å². The Balaban J connectivity index is 2.64. The molecule has 0 aliphatic carbocycles. The first-order valence-electron chi connectivity index (χ1n) is 6.32. The Bertz CT molecular complexity index is 544. The summed E-state index contributed by atoms with van der Waals surface area (Å²) in [7, 11) is 0. The predicted octanol–water partition coefficient (Wildman–Crippen LogP) is 1.92. The summed E-state index contributed by atoms with van der Waals surface area (Å²) in [4.78, 5) is 0. The summed E-state index contributed by atoms with van der Waals surface area (Å²) in [6.45, 7) is 6.84. The second-order valence-electron chi connectivity index (χ2n) is 5.26. The Morgan fingerprint density at radius 3 is 2.60 bits per heavy atom. The summed E-state index contributed by atoms with van der Waals surface area (Å²) in [6.07, 6.45) is -0.0592. The van der Waals surface area contributed by atoms with E-state index in [0.717, 1.165) is 0 Å². The van der Waals surface area contributed by atoms with E-state index in [0.29, 0.717) is 24.0 Å². The Morgan fingerprint density at radius 1 is 1.35 bits per heavy atom. The number of hydrogen-bond acceptors (Lipinski definition) is 4. The average molecular weight is 276 g/mol. The number of aliphatic hydroxyl groups is 2. The highest BCUT2D eigenvalue weighted by Crippen LogP contribution is 2.21. The third kappa shape index (κ3) is 4.96. The van der Waals surface area contributed by atoms with Crippen molar-refractivity contribution in [2.24, 2.45) is 0 Å². The van der Waals surface area contributed by atoms with Gasteiger partial charge >= 0.3 is 0 Å². The van der Waals surface area contributed by atoms with Gasteiger partial charge in [-0.3, -0.25) is 0 Å². The van der Waals surface area contributed by atoms with Gasteiger partial charge in [0.15, 0.2) is 0 Å². The molecule has 0 saturated heterocycles. The molecule has 20 heavy (non-hydrogen) atoms. The van der Waals surface area contributed by atoms with E-state index in [1.54, 1.807) is 0 Å². The molecular weight excluding hydrogens is 256 g/mol. The van der Waals surface area contributed by atoms with Gasteiger partial charge in [-0.05, 0) is 50.5 Å². The summed E-state index contributed by atoms with van der Waals surface area (Å²) in [5.41, 5.74) is -0.262. The van der Waals surface area contributed by atoms with Gasteiger partial charge in [-0.1, -0.05) is 18.4 Å². The predicted molar refractivity (Wildman–Crippen MR) is 77.3 cm³/mol. The molecule has 0 amide bonds. The minimum Gasteiger partial charge on any atom is -0.508 e. The molecule has 0 radical (unpaired) electrons. The van der Waals surface area contributed by atoms with E-state index in [1.165, 1.54) is 32.0 Å². The molecule has 0 aliphatic heterocycles. The lowest BCUT2D eigenvalue weighted by atomic mass is 9.96. The van der Waals surface area contributed by atoms with Crippen molar-refractivity contribution in [3.63, 3.8) is 0 Å². The summed E-state index contributed by atoms with van der Waals surface area (Å²) >= 11 is 0. The Morgan fingerprint density at radius 2 is 2.00 bits per heavy atom. The van der Waals surface area contributed by atoms with Crippen LogP contribution in [-0.4, -0.2) is 32.1 Å². The van der Waals surface area contributed by atoms with E-state index < -0.39 is 11.7 Å². The van der Waals surface area contributed by atoms with Crippen molar-refractivity contribution < 1.29 is 20.4 Å². The van der Waals surface area contributed by atoms with Crippen LogP contribution in [0.25, 0.3) is 0 Å². The molecule has 4 N–H and O–H groups in total. The van der Waals surface area contributed by atoms with Crippen LogP contribution in [0.4, 0.5) is 0 Å². The molecule has 0 aromatic heterocycles. The minimum atomic E-state index is -1.16. The third-order valence-corrected chi connectivity index (χ3v) is 2.89. The van der Waals surface area contributed by atoms with Crippen molar-refractivity contribution in [3.05, 3.63) is 35.9 Å². The molecule has 4 nitrogen and oxygen atoms in total. The molecule has 0 spiro atoms. The molecule has 1 aromatic carbocycles. The first-order valence-corrected chi connectivity index (χ1v) is 6.32. The summed E-state index contributed by atoms with van der Waals surface area (Å²) < 4.78 is 0. The Kier molecular flexibility index (Phi) is 5.20. The highest BCUT2D eigenvalue weighted by molar-refractivity contribution is 5.50. The van der Waals surface area contributed by atoms with Crippen molar-refractivity contribution in [2.45, 2.75) is 38.4 Å². The fourth-order valence-electron chi connectivity index (χ4n) is 1.51. The zero-order valence-electron chi connectivity index (χ0n) is 11.7. The summed E-state index contributed by atoms with van der Waals surface area (Å²) in [6, 6.07) is 4.09. The van der Waals surface area contributed by atoms with Crippen molar-refractivity contribution in [1.29, 1.82) is 0 Å². The number of phenolic OH excluding ortho intramolecular Hbond substituents is 2. The number of phenols is 2. The molecule has 108 valence electrons. The normalized spacial score (nSPS) is 12.4. The molecule has 0 bridgehead atoms. The monoisotopic (exact) mass is 276 g/mol. The second kappa shape index (κ2) is 6.47. The van der Waals surface area contributed by atoms with Gasteiger partial charge in [-0.15, -0.1) is 0 Å². The van der Waals surface area contributed by atoms with Gasteiger partial charge in [-0.25, -0.2) is 0 Å². The van der Waals surface area contributed by atoms with Crippen molar-refractivity contribution >= 4 is 0 Å². The number of rotatable bonds is 4. The van der Waals surface area contributed by atoms with Gasteiger partial charge in [-0.2, -0.15) is 0 Å². The fraction of sp³-hybridized carbons (Fsp3) is 0.375. The molecule has 0 unspecified atom stereocenters. The minimum absolute atomic E-state index is 0.0142. The van der Waals surface area contributed by atoms with Crippen LogP contribution in [0.5, 0.6) is 11.5 Å². The van der Waals surface area contributed by atoms with Gasteiger partial charge in [0.2, 0.25) is 0 Å². The maximum absolute atomic E-state index is 9.69. The van der Waals surface area contributed by atoms with E-state index in [-0.39, 0.29) is 11.5 Å². The van der Waals surface area contributed by atoms with E-state index in [4.69, 9.17) is 0 Å². The van der Waals surface area contributed by atoms with Gasteiger partial charge in [0.1, 0.15) is 11.5 Å². The third-order valence-electron chi connectivity index (χ3n) is 2.89. The highest BCUT2D eigenvalue weighted by atomic mass is 16.3. The molecule has 0 heterocycles. The van der Waals surface area contributed by atoms with Crippen LogP contribution in [0.1, 0.15) is 32.3 Å². The van der Waals surface area contributed by atoms with Crippen molar-refractivity contribution in [2.75, 3.05) is 0 Å². The molecular formula is C16H20O4. The van der Waals surface area contributed by atoms with Gasteiger partial charge in [0.05, 0.1) is 17.3 Å². The Labute approximate surface area is 119 Å². The zero-order valence-corrected chi connectivity index (χ0v) is 11.7. The zero-order chi connectivity index (χ0) is 15.3. The highest BCUT2D eigenvalue weighted by Gasteiger charge is 2.23. The topological polar surface area (TPSA) is 80.9 Å². The van der Waals surface area contributed by atoms with E-state index in [1.807, 2.05) is 0 Å². The number of hydrogen-bond donors (Lipinski definition) is 4. The van der Waals surface area contributed by atoms with Gasteiger partial charge in [0, 0.05) is 0 Å². The van der Waals surface area contributed by atoms with E-state index >= 15 is 0 Å². The van der Waals surface area contributed by atoms with Crippen LogP contribution in [0.2, 0.25) is 0 Å². The molecule has 0 aliphatic rings. The molecule has 4 heteroatoms. The second-order valence-corrected chi connectivity index (χ2v) is 5.26. The molecule has 0 fully saturated rings. The van der Waals surface area contributed by atoms with Crippen LogP contribution >= 0.6 is 0 Å². The average Bonchev–Trinajstić information content (AvgIpc) is 2.35. The number of aromatic hydroxyl groups is 2. The maximum Gasteiger partial charge on any atom is 0.131 e. The SMILES string of the molecule is C=C(C#Cc1cc(O)ccc1O)CC[C@H](O)C(C)(C)O. The smallest absolute Gasteiger partial charge is 0.131 e. The standard InChI is InChI=1S/C16H20O4/c1-11(5-9-15(19)16(2,3)20)4-6-12-10-13(17)7-8-14(12)18/h7-8,10,15,17-20H,1,5,9H2,2-3H3/t15-/m0/s1. The van der Waals surface area contributed by atoms with E-state index in [9.17, 15) is 20.4 Å². The molecule has 0 saturated carbocycles. The fourth-order valence-corrected chi connectivity index (χ4v) is 1.51. The lowest BCUT2D eigenvalue weighted by molar-refractivity contribution is -0.0508. The summed E-state index contributed by atoms with van der Waals surface area (Å²) in [5, 5.41) is 38.1. The summed E-state index contributed by atoms with van der Waals surface area (Å²) in [5.74, 6) is 5.49. The quantitative estimate of drug-likeness (QED) is 0.500. The van der Waals surface area contributed by atoms with Crippen LogP contribution in [0, 0.1) is 11.8 Å². The van der Waals surface area contributed by atoms with Crippen LogP contribution in [-0.2, 0) is 0 Å². The lowest BCUT2D eigenvalue weighted by Gasteiger charge is -2.24. The van der Waals surface area contributed by atoms with Gasteiger partial charge in [0.25, 0.3) is 0 Å².